The third kappa shape index (κ3) is 9.14. The van der Waals surface area contributed by atoms with Gasteiger partial charge in [0.15, 0.2) is 23.0 Å². The van der Waals surface area contributed by atoms with E-state index in [-0.39, 0.29) is 12.0 Å². The predicted octanol–water partition coefficient (Wildman–Crippen LogP) is 5.09. The number of nitrogens with zero attached hydrogens (tertiary/aromatic N) is 1. The fourth-order valence-electron chi connectivity index (χ4n) is 5.10. The number of ether oxygens (including phenoxy) is 6. The van der Waals surface area contributed by atoms with E-state index in [0.29, 0.717) is 49.2 Å². The fraction of sp³-hybridized carbons (Fsp3) is 0.500. The first-order chi connectivity index (χ1) is 19.9. The van der Waals surface area contributed by atoms with Crippen LogP contribution in [0.3, 0.4) is 0 Å². The van der Waals surface area contributed by atoms with Crippen LogP contribution >= 0.6 is 0 Å². The lowest BCUT2D eigenvalue weighted by molar-refractivity contribution is -0.144. The van der Waals surface area contributed by atoms with Crippen LogP contribution in [0, 0.1) is 0 Å². The molecule has 0 amide bonds. The number of hydrogen-bond donors (Lipinski definition) is 0. The molecule has 0 N–H and O–H groups in total. The van der Waals surface area contributed by atoms with Crippen molar-refractivity contribution < 1.29 is 38.0 Å². The van der Waals surface area contributed by atoms with Gasteiger partial charge in [-0.2, -0.15) is 0 Å². The first-order valence-corrected chi connectivity index (χ1v) is 14.1. The summed E-state index contributed by atoms with van der Waals surface area (Å²) in [5.74, 6) is 2.16. The Hall–Kier alpha value is -3.72. The first kappa shape index (κ1) is 31.8. The van der Waals surface area contributed by atoms with Crippen LogP contribution in [0.1, 0.15) is 54.8 Å². The molecular weight excluding hydrogens is 526 g/mol. The van der Waals surface area contributed by atoms with E-state index in [1.807, 2.05) is 18.2 Å². The molecule has 2 aromatic rings. The van der Waals surface area contributed by atoms with Crippen molar-refractivity contribution in [2.45, 2.75) is 51.0 Å². The van der Waals surface area contributed by atoms with Crippen molar-refractivity contribution in [2.75, 3.05) is 54.7 Å². The molecule has 0 saturated heterocycles. The highest BCUT2D eigenvalue weighted by Crippen LogP contribution is 2.40. The zero-order valence-electron chi connectivity index (χ0n) is 24.7. The van der Waals surface area contributed by atoms with Gasteiger partial charge in [-0.15, -0.1) is 0 Å². The van der Waals surface area contributed by atoms with Crippen LogP contribution in [0.2, 0.25) is 0 Å². The highest BCUT2D eigenvalue weighted by atomic mass is 16.5. The number of esters is 2. The molecule has 0 radical (unpaired) electrons. The molecule has 1 atom stereocenters. The van der Waals surface area contributed by atoms with Gasteiger partial charge in [0.2, 0.25) is 0 Å². The second-order valence-electron chi connectivity index (χ2n) is 9.86. The Balaban J connectivity index is 1.62. The molecule has 1 aliphatic heterocycles. The number of fused-ring (bicyclic) bond motifs is 1. The van der Waals surface area contributed by atoms with Gasteiger partial charge in [-0.05, 0) is 79.5 Å². The molecule has 3 rings (SSSR count). The second kappa shape index (κ2) is 16.5. The van der Waals surface area contributed by atoms with Gasteiger partial charge in [-0.25, -0.2) is 4.79 Å². The molecule has 0 spiro atoms. The summed E-state index contributed by atoms with van der Waals surface area (Å²) in [6.45, 7) is 5.54. The average Bonchev–Trinajstić information content (AvgIpc) is 3.00. The largest absolute Gasteiger partial charge is 0.493 e. The Morgan fingerprint density at radius 3 is 2.15 bits per heavy atom. The number of hydrogen-bond acceptors (Lipinski definition) is 9. The monoisotopic (exact) mass is 569 g/mol. The summed E-state index contributed by atoms with van der Waals surface area (Å²) in [5.41, 5.74) is 3.48. The molecule has 1 heterocycles. The number of carbonyl (C=O) groups excluding carboxylic acids is 2. The van der Waals surface area contributed by atoms with Crippen molar-refractivity contribution in [3.05, 3.63) is 59.7 Å². The normalized spacial score (nSPS) is 14.5. The molecule has 0 unspecified atom stereocenters. The molecule has 0 bridgehead atoms. The van der Waals surface area contributed by atoms with Gasteiger partial charge in [0, 0.05) is 25.2 Å². The van der Waals surface area contributed by atoms with E-state index >= 15 is 0 Å². The highest BCUT2D eigenvalue weighted by molar-refractivity contribution is 5.81. The van der Waals surface area contributed by atoms with E-state index in [1.165, 1.54) is 5.56 Å². The lowest BCUT2D eigenvalue weighted by Crippen LogP contribution is -2.38. The van der Waals surface area contributed by atoms with E-state index in [0.717, 1.165) is 62.3 Å². The maximum absolute atomic E-state index is 12.6. The molecule has 224 valence electrons. The van der Waals surface area contributed by atoms with Crippen molar-refractivity contribution in [1.29, 1.82) is 0 Å². The SMILES string of the molecule is C=CC(=O)OCCCCCCOC(=O)CCN1CCc2cc(OC)c(OC)cc2[C@H]1Cc1ccc(OC)c(OC)c1. The number of unbranched alkanes of at least 4 members (excludes halogenated alkanes) is 3. The summed E-state index contributed by atoms with van der Waals surface area (Å²) < 4.78 is 32.6. The summed E-state index contributed by atoms with van der Waals surface area (Å²) >= 11 is 0. The minimum Gasteiger partial charge on any atom is -0.493 e. The van der Waals surface area contributed by atoms with Gasteiger partial charge in [0.05, 0.1) is 48.1 Å². The van der Waals surface area contributed by atoms with Crippen molar-refractivity contribution >= 4 is 11.9 Å². The van der Waals surface area contributed by atoms with Gasteiger partial charge in [-0.3, -0.25) is 9.69 Å². The Morgan fingerprint density at radius 2 is 1.49 bits per heavy atom. The van der Waals surface area contributed by atoms with Crippen molar-refractivity contribution in [1.82, 2.24) is 4.90 Å². The minimum absolute atomic E-state index is 0.0275. The molecule has 0 fully saturated rings. The molecule has 0 aromatic heterocycles. The van der Waals surface area contributed by atoms with Crippen LogP contribution in [0.5, 0.6) is 23.0 Å². The molecule has 0 aliphatic carbocycles. The van der Waals surface area contributed by atoms with E-state index in [1.54, 1.807) is 28.4 Å². The number of methoxy groups -OCH3 is 4. The van der Waals surface area contributed by atoms with Crippen LogP contribution in [-0.2, 0) is 31.9 Å². The third-order valence-corrected chi connectivity index (χ3v) is 7.31. The lowest BCUT2D eigenvalue weighted by Gasteiger charge is -2.38. The summed E-state index contributed by atoms with van der Waals surface area (Å²) in [5, 5.41) is 0. The molecule has 41 heavy (non-hydrogen) atoms. The van der Waals surface area contributed by atoms with Crippen LogP contribution in [0.25, 0.3) is 0 Å². The van der Waals surface area contributed by atoms with E-state index in [4.69, 9.17) is 28.4 Å². The quantitative estimate of drug-likeness (QED) is 0.147. The lowest BCUT2D eigenvalue weighted by atomic mass is 9.88. The van der Waals surface area contributed by atoms with Gasteiger partial charge < -0.3 is 28.4 Å². The van der Waals surface area contributed by atoms with Crippen LogP contribution < -0.4 is 18.9 Å². The maximum Gasteiger partial charge on any atom is 0.330 e. The molecule has 2 aromatic carbocycles. The van der Waals surface area contributed by atoms with Crippen molar-refractivity contribution in [2.24, 2.45) is 0 Å². The molecule has 9 heteroatoms. The van der Waals surface area contributed by atoms with E-state index in [9.17, 15) is 9.59 Å². The molecule has 9 nitrogen and oxygen atoms in total. The second-order valence-corrected chi connectivity index (χ2v) is 9.86. The average molecular weight is 570 g/mol. The fourth-order valence-corrected chi connectivity index (χ4v) is 5.10. The van der Waals surface area contributed by atoms with E-state index in [2.05, 4.69) is 23.6 Å². The van der Waals surface area contributed by atoms with Crippen LogP contribution in [0.15, 0.2) is 43.0 Å². The Bertz CT molecular complexity index is 1160. The Kier molecular flexibility index (Phi) is 12.8. The zero-order valence-corrected chi connectivity index (χ0v) is 24.7. The topological polar surface area (TPSA) is 92.8 Å². The van der Waals surface area contributed by atoms with E-state index < -0.39 is 5.97 Å². The number of carbonyl (C=O) groups is 2. The molecular formula is C32H43NO8. The standard InChI is InChI=1S/C32H43NO8/c1-6-31(34)40-17-9-7-8-10-18-41-32(35)14-16-33-15-13-24-21-29(38-4)30(39-5)22-25(24)26(33)19-23-11-12-27(36-2)28(20-23)37-3/h6,11-12,20-22,26H,1,7-10,13-19H2,2-5H3/t26-/m1/s1. The Labute approximate surface area is 243 Å². The third-order valence-electron chi connectivity index (χ3n) is 7.31. The first-order valence-electron chi connectivity index (χ1n) is 14.1. The maximum atomic E-state index is 12.6. The summed E-state index contributed by atoms with van der Waals surface area (Å²) in [4.78, 5) is 26.0. The van der Waals surface area contributed by atoms with Crippen molar-refractivity contribution in [3.8, 4) is 23.0 Å². The minimum atomic E-state index is -0.402. The number of rotatable bonds is 17. The molecule has 0 saturated carbocycles. The highest BCUT2D eigenvalue weighted by Gasteiger charge is 2.30. The van der Waals surface area contributed by atoms with Gasteiger partial charge in [-0.1, -0.05) is 12.6 Å². The van der Waals surface area contributed by atoms with Gasteiger partial charge in [0.1, 0.15) is 0 Å². The summed E-state index contributed by atoms with van der Waals surface area (Å²) in [6, 6.07) is 10.1. The zero-order chi connectivity index (χ0) is 29.6. The summed E-state index contributed by atoms with van der Waals surface area (Å²) in [6.07, 6.45) is 6.40. The summed E-state index contributed by atoms with van der Waals surface area (Å²) in [7, 11) is 6.54. The predicted molar refractivity (Wildman–Crippen MR) is 156 cm³/mol. The van der Waals surface area contributed by atoms with Crippen LogP contribution in [0.4, 0.5) is 0 Å². The van der Waals surface area contributed by atoms with Gasteiger partial charge >= 0.3 is 11.9 Å². The Morgan fingerprint density at radius 1 is 0.854 bits per heavy atom. The van der Waals surface area contributed by atoms with Crippen LogP contribution in [-0.4, -0.2) is 71.6 Å². The van der Waals surface area contributed by atoms with Crippen molar-refractivity contribution in [3.63, 3.8) is 0 Å². The smallest absolute Gasteiger partial charge is 0.330 e. The molecule has 1 aliphatic rings. The van der Waals surface area contributed by atoms with Gasteiger partial charge in [0.25, 0.3) is 0 Å². The number of benzene rings is 2.